The number of methoxy groups -OCH3 is 1. The van der Waals surface area contributed by atoms with Crippen LogP contribution in [-0.4, -0.2) is 28.9 Å². The van der Waals surface area contributed by atoms with E-state index < -0.39 is 16.8 Å². The van der Waals surface area contributed by atoms with Crippen molar-refractivity contribution in [2.24, 2.45) is 0 Å². The minimum atomic E-state index is -0.551. The molecule has 0 saturated carbocycles. The number of carbonyl (C=O) groups is 2. The summed E-state index contributed by atoms with van der Waals surface area (Å²) in [4.78, 5) is 38.0. The molecule has 1 N–H and O–H groups in total. The van der Waals surface area contributed by atoms with Crippen LogP contribution in [0, 0.1) is 17.0 Å². The number of nitro benzene ring substituents is 1. The number of thiazole rings is 1. The predicted octanol–water partition coefficient (Wildman–Crippen LogP) is 2.40. The molecule has 0 atom stereocenters. The second-order valence-electron chi connectivity index (χ2n) is 4.18. The van der Waals surface area contributed by atoms with Crippen molar-refractivity contribution in [1.82, 2.24) is 4.98 Å². The molecule has 8 nitrogen and oxygen atoms in total. The molecule has 2 rings (SSSR count). The molecule has 114 valence electrons. The van der Waals surface area contributed by atoms with E-state index in [4.69, 9.17) is 0 Å². The Kier molecular flexibility index (Phi) is 4.47. The standard InChI is InChI=1S/C13H11N3O5S/c1-7-8(4-3-5-9(7)16(19)20)11(17)15-13-14-6-10(22-13)12(18)21-2/h3-6H,1-2H3,(H,14,15,17). The fourth-order valence-corrected chi connectivity index (χ4v) is 2.49. The maximum atomic E-state index is 12.2. The average Bonchev–Trinajstić information content (AvgIpc) is 2.94. The van der Waals surface area contributed by atoms with E-state index in [-0.39, 0.29) is 26.8 Å². The van der Waals surface area contributed by atoms with E-state index in [0.29, 0.717) is 0 Å². The maximum Gasteiger partial charge on any atom is 0.349 e. The molecule has 0 unspecified atom stereocenters. The highest BCUT2D eigenvalue weighted by atomic mass is 32.1. The summed E-state index contributed by atoms with van der Waals surface area (Å²) < 4.78 is 4.54. The van der Waals surface area contributed by atoms with Gasteiger partial charge in [0.1, 0.15) is 4.88 Å². The van der Waals surface area contributed by atoms with E-state index in [0.717, 1.165) is 11.3 Å². The first kappa shape index (κ1) is 15.6. The predicted molar refractivity (Wildman–Crippen MR) is 79.2 cm³/mol. The van der Waals surface area contributed by atoms with E-state index >= 15 is 0 Å². The number of aromatic nitrogens is 1. The number of hydrogen-bond donors (Lipinski definition) is 1. The molecule has 1 aromatic carbocycles. The van der Waals surface area contributed by atoms with Crippen LogP contribution in [0.5, 0.6) is 0 Å². The monoisotopic (exact) mass is 321 g/mol. The van der Waals surface area contributed by atoms with Gasteiger partial charge < -0.3 is 4.74 Å². The molecule has 2 aromatic rings. The number of amides is 1. The number of nitrogens with one attached hydrogen (secondary N) is 1. The number of rotatable bonds is 4. The van der Waals surface area contributed by atoms with Crippen LogP contribution in [-0.2, 0) is 4.74 Å². The molecule has 0 fully saturated rings. The lowest BCUT2D eigenvalue weighted by molar-refractivity contribution is -0.385. The summed E-state index contributed by atoms with van der Waals surface area (Å²) in [5.74, 6) is -1.09. The van der Waals surface area contributed by atoms with Crippen LogP contribution in [0.15, 0.2) is 24.4 Å². The highest BCUT2D eigenvalue weighted by Gasteiger charge is 2.19. The number of esters is 1. The molecule has 1 amide bonds. The third-order valence-electron chi connectivity index (χ3n) is 2.86. The van der Waals surface area contributed by atoms with E-state index in [1.54, 1.807) is 0 Å². The molecular weight excluding hydrogens is 310 g/mol. The zero-order chi connectivity index (χ0) is 16.3. The second-order valence-corrected chi connectivity index (χ2v) is 5.21. The Morgan fingerprint density at radius 2 is 2.14 bits per heavy atom. The summed E-state index contributed by atoms with van der Waals surface area (Å²) in [5, 5.41) is 13.6. The van der Waals surface area contributed by atoms with Crippen molar-refractivity contribution in [1.29, 1.82) is 0 Å². The van der Waals surface area contributed by atoms with E-state index in [1.165, 1.54) is 38.4 Å². The maximum absolute atomic E-state index is 12.2. The number of ether oxygens (including phenoxy) is 1. The van der Waals surface area contributed by atoms with Crippen molar-refractivity contribution < 1.29 is 19.2 Å². The number of anilines is 1. The lowest BCUT2D eigenvalue weighted by Crippen LogP contribution is -2.13. The summed E-state index contributed by atoms with van der Waals surface area (Å²) in [6.07, 6.45) is 1.28. The van der Waals surface area contributed by atoms with Crippen molar-refractivity contribution in [2.45, 2.75) is 6.92 Å². The van der Waals surface area contributed by atoms with Crippen LogP contribution < -0.4 is 5.32 Å². The van der Waals surface area contributed by atoms with Gasteiger partial charge in [-0.05, 0) is 13.0 Å². The lowest BCUT2D eigenvalue weighted by atomic mass is 10.1. The van der Waals surface area contributed by atoms with Crippen molar-refractivity contribution in [2.75, 3.05) is 12.4 Å². The van der Waals surface area contributed by atoms with Crippen LogP contribution in [0.1, 0.15) is 25.6 Å². The largest absolute Gasteiger partial charge is 0.465 e. The van der Waals surface area contributed by atoms with Crippen molar-refractivity contribution in [3.05, 3.63) is 50.5 Å². The molecule has 1 aromatic heterocycles. The lowest BCUT2D eigenvalue weighted by Gasteiger charge is -2.05. The van der Waals surface area contributed by atoms with Gasteiger partial charge in [-0.25, -0.2) is 9.78 Å². The highest BCUT2D eigenvalue weighted by Crippen LogP contribution is 2.23. The normalized spacial score (nSPS) is 10.1. The van der Waals surface area contributed by atoms with Crippen LogP contribution >= 0.6 is 11.3 Å². The molecule has 0 saturated heterocycles. The van der Waals surface area contributed by atoms with Gasteiger partial charge in [-0.1, -0.05) is 17.4 Å². The minimum absolute atomic E-state index is 0.137. The average molecular weight is 321 g/mol. The van der Waals surface area contributed by atoms with Gasteiger partial charge >= 0.3 is 5.97 Å². The molecule has 0 aliphatic carbocycles. The summed E-state index contributed by atoms with van der Waals surface area (Å²) in [6.45, 7) is 1.49. The Bertz CT molecular complexity index is 756. The van der Waals surface area contributed by atoms with E-state index in [9.17, 15) is 19.7 Å². The van der Waals surface area contributed by atoms with Gasteiger partial charge in [-0.3, -0.25) is 20.2 Å². The summed E-state index contributed by atoms with van der Waals surface area (Å²) in [7, 11) is 1.24. The molecule has 0 aliphatic heterocycles. The Hall–Kier alpha value is -2.81. The summed E-state index contributed by atoms with van der Waals surface area (Å²) in [5.41, 5.74) is 0.292. The van der Waals surface area contributed by atoms with Crippen LogP contribution in [0.4, 0.5) is 10.8 Å². The summed E-state index contributed by atoms with van der Waals surface area (Å²) in [6, 6.07) is 4.24. The first-order chi connectivity index (χ1) is 10.4. The molecule has 0 bridgehead atoms. The smallest absolute Gasteiger partial charge is 0.349 e. The number of nitro groups is 1. The molecular formula is C13H11N3O5S. The molecule has 9 heteroatoms. The Morgan fingerprint density at radius 1 is 1.41 bits per heavy atom. The van der Waals surface area contributed by atoms with Crippen molar-refractivity contribution >= 4 is 34.0 Å². The molecule has 0 spiro atoms. The van der Waals surface area contributed by atoms with Gasteiger partial charge in [-0.15, -0.1) is 0 Å². The van der Waals surface area contributed by atoms with Crippen LogP contribution in [0.3, 0.4) is 0 Å². The summed E-state index contributed by atoms with van der Waals surface area (Å²) >= 11 is 0.953. The van der Waals surface area contributed by atoms with Gasteiger partial charge in [-0.2, -0.15) is 0 Å². The molecule has 0 radical (unpaired) electrons. The second kappa shape index (κ2) is 6.31. The number of benzene rings is 1. The fraction of sp³-hybridized carbons (Fsp3) is 0.154. The molecule has 0 aliphatic rings. The Morgan fingerprint density at radius 3 is 2.77 bits per heavy atom. The van der Waals surface area contributed by atoms with Crippen LogP contribution in [0.25, 0.3) is 0 Å². The van der Waals surface area contributed by atoms with Gasteiger partial charge in [0.2, 0.25) is 0 Å². The third-order valence-corrected chi connectivity index (χ3v) is 3.75. The first-order valence-corrected chi connectivity index (χ1v) is 6.85. The Balaban J connectivity index is 2.23. The SMILES string of the molecule is COC(=O)c1cnc(NC(=O)c2cccc([N+](=O)[O-])c2C)s1. The van der Waals surface area contributed by atoms with Gasteiger partial charge in [0.05, 0.1) is 18.2 Å². The molecule has 22 heavy (non-hydrogen) atoms. The van der Waals surface area contributed by atoms with Gasteiger partial charge in [0, 0.05) is 17.2 Å². The fourth-order valence-electron chi connectivity index (χ4n) is 1.76. The first-order valence-electron chi connectivity index (χ1n) is 6.03. The number of carbonyl (C=O) groups excluding carboxylic acids is 2. The van der Waals surface area contributed by atoms with Crippen molar-refractivity contribution in [3.8, 4) is 0 Å². The molecule has 1 heterocycles. The van der Waals surface area contributed by atoms with Gasteiger partial charge in [0.25, 0.3) is 11.6 Å². The zero-order valence-electron chi connectivity index (χ0n) is 11.7. The number of nitrogens with zero attached hydrogens (tertiary/aromatic N) is 2. The van der Waals surface area contributed by atoms with E-state index in [1.807, 2.05) is 0 Å². The van der Waals surface area contributed by atoms with E-state index in [2.05, 4.69) is 15.0 Å². The topological polar surface area (TPSA) is 111 Å². The van der Waals surface area contributed by atoms with Crippen molar-refractivity contribution in [3.63, 3.8) is 0 Å². The quantitative estimate of drug-likeness (QED) is 0.526. The van der Waals surface area contributed by atoms with Crippen LogP contribution in [0.2, 0.25) is 0 Å². The van der Waals surface area contributed by atoms with Gasteiger partial charge in [0.15, 0.2) is 5.13 Å². The number of hydrogen-bond acceptors (Lipinski definition) is 7. The minimum Gasteiger partial charge on any atom is -0.465 e. The zero-order valence-corrected chi connectivity index (χ0v) is 12.5. The Labute approximate surface area is 128 Å². The highest BCUT2D eigenvalue weighted by molar-refractivity contribution is 7.17. The third kappa shape index (κ3) is 3.09.